The summed E-state index contributed by atoms with van der Waals surface area (Å²) in [6.07, 6.45) is 8.49. The standard InChI is InChI=1S/C26H28N6O2/c1-13(14-2-3-14)31-12-17-10-16(11-19(15-4-5-15)21(17)26(31)34)20-8-9-32-24(29-20)22(23(27)30-32)25(33)28-18-6-7-18/h8-11,13-15,18H,2-7,12H2,1H3,(H2,27,30)(H,28,33)/t13-/m0/s1. The molecule has 1 atom stereocenters. The molecule has 3 N–H and O–H groups in total. The first kappa shape index (κ1) is 20.0. The molecule has 3 aliphatic carbocycles. The number of aromatic nitrogens is 3. The molecule has 174 valence electrons. The minimum atomic E-state index is -0.220. The van der Waals surface area contributed by atoms with E-state index in [1.54, 1.807) is 10.7 Å². The van der Waals surface area contributed by atoms with Gasteiger partial charge in [-0.1, -0.05) is 0 Å². The summed E-state index contributed by atoms with van der Waals surface area (Å²) in [4.78, 5) is 33.1. The van der Waals surface area contributed by atoms with E-state index >= 15 is 0 Å². The number of hydrogen-bond acceptors (Lipinski definition) is 5. The second-order valence-electron chi connectivity index (χ2n) is 10.5. The Kier molecular flexibility index (Phi) is 4.14. The van der Waals surface area contributed by atoms with E-state index < -0.39 is 0 Å². The van der Waals surface area contributed by atoms with Gasteiger partial charge in [0.15, 0.2) is 11.5 Å². The monoisotopic (exact) mass is 456 g/mol. The number of nitrogen functional groups attached to an aromatic ring is 1. The lowest BCUT2D eigenvalue weighted by atomic mass is 9.95. The molecule has 0 radical (unpaired) electrons. The van der Waals surface area contributed by atoms with Crippen molar-refractivity contribution in [2.24, 2.45) is 5.92 Å². The fourth-order valence-electron chi connectivity index (χ4n) is 5.35. The van der Waals surface area contributed by atoms with Crippen LogP contribution in [0.1, 0.15) is 83.2 Å². The lowest BCUT2D eigenvalue weighted by Crippen LogP contribution is -2.34. The topological polar surface area (TPSA) is 106 Å². The van der Waals surface area contributed by atoms with Crippen molar-refractivity contribution in [3.8, 4) is 11.3 Å². The fourth-order valence-corrected chi connectivity index (χ4v) is 5.35. The van der Waals surface area contributed by atoms with E-state index in [4.69, 9.17) is 10.7 Å². The van der Waals surface area contributed by atoms with Gasteiger partial charge in [0.05, 0.1) is 5.69 Å². The van der Waals surface area contributed by atoms with Crippen LogP contribution in [0.15, 0.2) is 24.4 Å². The Morgan fingerprint density at radius 3 is 2.68 bits per heavy atom. The van der Waals surface area contributed by atoms with Crippen LogP contribution in [0.2, 0.25) is 0 Å². The van der Waals surface area contributed by atoms with Gasteiger partial charge in [0.25, 0.3) is 11.8 Å². The van der Waals surface area contributed by atoms with Gasteiger partial charge in [-0.3, -0.25) is 9.59 Å². The first-order valence-corrected chi connectivity index (χ1v) is 12.4. The molecule has 0 bridgehead atoms. The first-order chi connectivity index (χ1) is 16.5. The fraction of sp³-hybridized carbons (Fsp3) is 0.462. The Morgan fingerprint density at radius 1 is 1.18 bits per heavy atom. The van der Waals surface area contributed by atoms with Crippen molar-refractivity contribution in [3.05, 3.63) is 46.6 Å². The van der Waals surface area contributed by atoms with Gasteiger partial charge in [-0.05, 0) is 86.6 Å². The van der Waals surface area contributed by atoms with Crippen LogP contribution in [-0.4, -0.2) is 43.4 Å². The molecule has 1 aromatic carbocycles. The molecule has 8 heteroatoms. The summed E-state index contributed by atoms with van der Waals surface area (Å²) in [7, 11) is 0. The van der Waals surface area contributed by atoms with Crippen LogP contribution in [0.5, 0.6) is 0 Å². The minimum Gasteiger partial charge on any atom is -0.381 e. The first-order valence-electron chi connectivity index (χ1n) is 12.4. The number of fused-ring (bicyclic) bond motifs is 2. The largest absolute Gasteiger partial charge is 0.381 e. The lowest BCUT2D eigenvalue weighted by molar-refractivity contribution is 0.0696. The van der Waals surface area contributed by atoms with Crippen molar-refractivity contribution in [1.29, 1.82) is 0 Å². The van der Waals surface area contributed by atoms with Crippen molar-refractivity contribution in [3.63, 3.8) is 0 Å². The molecule has 3 saturated carbocycles. The average molecular weight is 457 g/mol. The molecule has 7 rings (SSSR count). The highest BCUT2D eigenvalue weighted by atomic mass is 16.2. The summed E-state index contributed by atoms with van der Waals surface area (Å²) in [5.74, 6) is 1.24. The van der Waals surface area contributed by atoms with E-state index in [1.165, 1.54) is 12.8 Å². The zero-order valence-corrected chi connectivity index (χ0v) is 19.3. The number of nitrogens with one attached hydrogen (secondary N) is 1. The van der Waals surface area contributed by atoms with Gasteiger partial charge in [0, 0.05) is 36.0 Å². The second-order valence-corrected chi connectivity index (χ2v) is 10.5. The Balaban J connectivity index is 1.30. The van der Waals surface area contributed by atoms with Gasteiger partial charge < -0.3 is 16.0 Å². The molecule has 1 aliphatic heterocycles. The van der Waals surface area contributed by atoms with E-state index in [9.17, 15) is 9.59 Å². The van der Waals surface area contributed by atoms with Gasteiger partial charge >= 0.3 is 0 Å². The zero-order chi connectivity index (χ0) is 23.1. The SMILES string of the molecule is C[C@@H](C1CC1)N1Cc2cc(-c3ccn4nc(N)c(C(=O)NC5CC5)c4n3)cc(C3CC3)c2C1=O. The highest BCUT2D eigenvalue weighted by molar-refractivity contribution is 6.04. The number of nitrogens with zero attached hydrogens (tertiary/aromatic N) is 4. The molecule has 3 aromatic rings. The third kappa shape index (κ3) is 3.19. The normalized spacial score (nSPS) is 20.6. The minimum absolute atomic E-state index is 0.186. The van der Waals surface area contributed by atoms with Crippen LogP contribution in [0.4, 0.5) is 5.82 Å². The van der Waals surface area contributed by atoms with Crippen LogP contribution in [0, 0.1) is 5.92 Å². The molecule has 0 saturated heterocycles. The molecule has 3 fully saturated rings. The predicted molar refractivity (Wildman–Crippen MR) is 127 cm³/mol. The van der Waals surface area contributed by atoms with Gasteiger partial charge in [0.2, 0.25) is 0 Å². The lowest BCUT2D eigenvalue weighted by Gasteiger charge is -2.24. The van der Waals surface area contributed by atoms with E-state index in [0.29, 0.717) is 29.6 Å². The predicted octanol–water partition coefficient (Wildman–Crippen LogP) is 3.50. The van der Waals surface area contributed by atoms with Crippen LogP contribution in [0.3, 0.4) is 0 Å². The third-order valence-electron chi connectivity index (χ3n) is 7.83. The Labute approximate surface area is 197 Å². The van der Waals surface area contributed by atoms with Gasteiger partial charge in [-0.15, -0.1) is 5.10 Å². The number of rotatable bonds is 6. The number of carbonyl (C=O) groups is 2. The van der Waals surface area contributed by atoms with Gasteiger partial charge in [0.1, 0.15) is 5.56 Å². The van der Waals surface area contributed by atoms with Crippen molar-refractivity contribution >= 4 is 23.3 Å². The third-order valence-corrected chi connectivity index (χ3v) is 7.83. The van der Waals surface area contributed by atoms with Crippen LogP contribution in [0.25, 0.3) is 16.9 Å². The smallest absolute Gasteiger partial charge is 0.259 e. The summed E-state index contributed by atoms with van der Waals surface area (Å²) >= 11 is 0. The number of amides is 2. The van der Waals surface area contributed by atoms with Gasteiger partial charge in [-0.25, -0.2) is 9.50 Å². The molecular formula is C26H28N6O2. The van der Waals surface area contributed by atoms with Crippen LogP contribution >= 0.6 is 0 Å². The summed E-state index contributed by atoms with van der Waals surface area (Å²) < 4.78 is 1.57. The number of carbonyl (C=O) groups excluding carboxylic acids is 2. The van der Waals surface area contributed by atoms with Crippen molar-refractivity contribution in [2.45, 2.75) is 70.0 Å². The number of benzene rings is 1. The molecule has 8 nitrogen and oxygen atoms in total. The molecule has 3 heterocycles. The Hall–Kier alpha value is -3.42. The zero-order valence-electron chi connectivity index (χ0n) is 19.3. The number of hydrogen-bond donors (Lipinski definition) is 2. The summed E-state index contributed by atoms with van der Waals surface area (Å²) in [5, 5.41) is 7.29. The number of nitrogens with two attached hydrogens (primary N) is 1. The van der Waals surface area contributed by atoms with E-state index in [-0.39, 0.29) is 29.7 Å². The highest BCUT2D eigenvalue weighted by Crippen LogP contribution is 2.47. The molecule has 0 spiro atoms. The summed E-state index contributed by atoms with van der Waals surface area (Å²) in [5.41, 5.74) is 11.8. The molecular weight excluding hydrogens is 428 g/mol. The van der Waals surface area contributed by atoms with Crippen molar-refractivity contribution in [2.75, 3.05) is 5.73 Å². The van der Waals surface area contributed by atoms with E-state index in [1.807, 2.05) is 6.07 Å². The Bertz CT molecular complexity index is 1370. The van der Waals surface area contributed by atoms with Crippen molar-refractivity contribution in [1.82, 2.24) is 24.8 Å². The van der Waals surface area contributed by atoms with E-state index in [2.05, 4.69) is 34.4 Å². The molecule has 34 heavy (non-hydrogen) atoms. The van der Waals surface area contributed by atoms with Crippen LogP contribution in [-0.2, 0) is 6.54 Å². The summed E-state index contributed by atoms with van der Waals surface area (Å²) in [6.45, 7) is 2.85. The molecule has 4 aliphatic rings. The summed E-state index contributed by atoms with van der Waals surface area (Å²) in [6, 6.07) is 6.67. The second kappa shape index (κ2) is 7.04. The maximum absolute atomic E-state index is 13.4. The average Bonchev–Trinajstić information content (AvgIpc) is 3.68. The Morgan fingerprint density at radius 2 is 1.97 bits per heavy atom. The molecule has 2 amide bonds. The molecule has 0 unspecified atom stereocenters. The quantitative estimate of drug-likeness (QED) is 0.591. The number of anilines is 1. The van der Waals surface area contributed by atoms with Gasteiger partial charge in [-0.2, -0.15) is 0 Å². The highest BCUT2D eigenvalue weighted by Gasteiger charge is 2.41. The maximum atomic E-state index is 13.4. The van der Waals surface area contributed by atoms with Crippen molar-refractivity contribution < 1.29 is 9.59 Å². The maximum Gasteiger partial charge on any atom is 0.259 e. The van der Waals surface area contributed by atoms with E-state index in [0.717, 1.165) is 53.6 Å². The van der Waals surface area contributed by atoms with Crippen LogP contribution < -0.4 is 11.1 Å². The molecule has 2 aromatic heterocycles.